The number of rotatable bonds is 11. The summed E-state index contributed by atoms with van der Waals surface area (Å²) in [5.41, 5.74) is 3.00. The Morgan fingerprint density at radius 1 is 1.19 bits per heavy atom. The van der Waals surface area contributed by atoms with Gasteiger partial charge < -0.3 is 19.7 Å². The summed E-state index contributed by atoms with van der Waals surface area (Å²) in [6, 6.07) is 13.1. The fourth-order valence-corrected chi connectivity index (χ4v) is 4.47. The molecule has 10 heteroatoms. The Bertz CT molecular complexity index is 1240. The highest BCUT2D eigenvalue weighted by molar-refractivity contribution is 7.98. The van der Waals surface area contributed by atoms with Gasteiger partial charge in [0, 0.05) is 18.4 Å². The molecule has 0 bridgehead atoms. The average Bonchev–Trinajstić information content (AvgIpc) is 3.35. The zero-order valence-electron chi connectivity index (χ0n) is 20.8. The predicted molar refractivity (Wildman–Crippen MR) is 141 cm³/mol. The molecule has 2 aromatic carbocycles. The van der Waals surface area contributed by atoms with E-state index in [1.807, 2.05) is 29.4 Å². The quantitative estimate of drug-likeness (QED) is 0.371. The molecule has 0 fully saturated rings. The van der Waals surface area contributed by atoms with Crippen molar-refractivity contribution in [3.63, 3.8) is 0 Å². The Labute approximate surface area is 219 Å². The number of benzene rings is 2. The second-order valence-electron chi connectivity index (χ2n) is 8.39. The van der Waals surface area contributed by atoms with Crippen molar-refractivity contribution in [3.8, 4) is 5.88 Å². The average molecular weight is 525 g/mol. The molecular formula is C27H29FN4O4S. The van der Waals surface area contributed by atoms with Crippen molar-refractivity contribution >= 4 is 35.3 Å². The van der Waals surface area contributed by atoms with Crippen LogP contribution in [0.1, 0.15) is 34.8 Å². The molecule has 8 nitrogen and oxygen atoms in total. The van der Waals surface area contributed by atoms with E-state index in [0.29, 0.717) is 30.2 Å². The zero-order chi connectivity index (χ0) is 26.2. The number of hydrogen-bond donors (Lipinski definition) is 1. The van der Waals surface area contributed by atoms with E-state index >= 15 is 0 Å². The van der Waals surface area contributed by atoms with E-state index < -0.39 is 17.9 Å². The number of aromatic nitrogens is 2. The van der Waals surface area contributed by atoms with Gasteiger partial charge in [-0.2, -0.15) is 16.7 Å². The van der Waals surface area contributed by atoms with Crippen molar-refractivity contribution in [3.05, 3.63) is 77.2 Å². The number of fused-ring (bicyclic) bond motifs is 1. The summed E-state index contributed by atoms with van der Waals surface area (Å²) in [7, 11) is 0. The monoisotopic (exact) mass is 524 g/mol. The normalized spacial score (nSPS) is 13.1. The number of halogens is 1. The van der Waals surface area contributed by atoms with Crippen LogP contribution in [0.4, 0.5) is 16.0 Å². The van der Waals surface area contributed by atoms with Gasteiger partial charge in [-0.3, -0.25) is 4.79 Å². The van der Waals surface area contributed by atoms with E-state index in [9.17, 15) is 14.0 Å². The van der Waals surface area contributed by atoms with Crippen LogP contribution in [0.3, 0.4) is 0 Å². The first-order valence-electron chi connectivity index (χ1n) is 12.1. The van der Waals surface area contributed by atoms with E-state index in [1.165, 1.54) is 23.9 Å². The van der Waals surface area contributed by atoms with Gasteiger partial charge in [-0.05, 0) is 61.1 Å². The van der Waals surface area contributed by atoms with Crippen LogP contribution in [0.5, 0.6) is 5.88 Å². The van der Waals surface area contributed by atoms with Crippen molar-refractivity contribution in [1.82, 2.24) is 15.3 Å². The van der Waals surface area contributed by atoms with Gasteiger partial charge in [0.05, 0.1) is 6.61 Å². The molecule has 0 aliphatic carbocycles. The fourth-order valence-electron chi connectivity index (χ4n) is 4.00. The topological polar surface area (TPSA) is 93.6 Å². The van der Waals surface area contributed by atoms with Gasteiger partial charge in [-0.15, -0.1) is 0 Å². The number of hydrogen-bond acceptors (Lipinski definition) is 8. The lowest BCUT2D eigenvalue weighted by molar-refractivity contribution is -0.145. The van der Waals surface area contributed by atoms with Gasteiger partial charge in [0.25, 0.3) is 5.91 Å². The number of ether oxygens (including phenoxy) is 2. The van der Waals surface area contributed by atoms with E-state index in [2.05, 4.69) is 21.4 Å². The summed E-state index contributed by atoms with van der Waals surface area (Å²) in [6.07, 6.45) is 4.61. The zero-order valence-corrected chi connectivity index (χ0v) is 21.6. The molecule has 194 valence electrons. The molecule has 1 amide bonds. The summed E-state index contributed by atoms with van der Waals surface area (Å²) in [5.74, 6) is -0.243. The lowest BCUT2D eigenvalue weighted by Gasteiger charge is -2.20. The third-order valence-corrected chi connectivity index (χ3v) is 6.53. The molecule has 0 saturated heterocycles. The van der Waals surface area contributed by atoms with Gasteiger partial charge in [0.2, 0.25) is 11.8 Å². The van der Waals surface area contributed by atoms with Gasteiger partial charge in [0.1, 0.15) is 24.0 Å². The maximum Gasteiger partial charge on any atom is 0.328 e. The second-order valence-corrected chi connectivity index (χ2v) is 9.38. The predicted octanol–water partition coefficient (Wildman–Crippen LogP) is 4.30. The standard InChI is InChI=1S/C27H29FN4O4S/c1-3-35-26(34)22(13-15-37-2)30-24(33)21-16-29-27(32-14-12-19-6-4-5-7-23(19)32)31-25(21)36-17-18-8-10-20(28)11-9-18/h4-11,16,22H,3,12-15,17H2,1-2H3,(H,30,33)/t22-/m0/s1. The first-order chi connectivity index (χ1) is 18.0. The maximum atomic E-state index is 13.3. The molecule has 1 aliphatic rings. The highest BCUT2D eigenvalue weighted by atomic mass is 32.2. The molecule has 0 saturated carbocycles. The van der Waals surface area contributed by atoms with E-state index in [0.717, 1.165) is 12.1 Å². The number of amides is 1. The largest absolute Gasteiger partial charge is 0.472 e. The van der Waals surface area contributed by atoms with Crippen molar-refractivity contribution in [2.24, 2.45) is 0 Å². The highest BCUT2D eigenvalue weighted by Gasteiger charge is 2.27. The van der Waals surface area contributed by atoms with Crippen LogP contribution in [0.2, 0.25) is 0 Å². The van der Waals surface area contributed by atoms with Crippen LogP contribution in [0.25, 0.3) is 0 Å². The van der Waals surface area contributed by atoms with Crippen LogP contribution in [-0.4, -0.2) is 53.0 Å². The maximum absolute atomic E-state index is 13.3. The van der Waals surface area contributed by atoms with Crippen LogP contribution in [0.15, 0.2) is 54.7 Å². The molecule has 1 aromatic heterocycles. The summed E-state index contributed by atoms with van der Waals surface area (Å²) in [6.45, 7) is 2.70. The van der Waals surface area contributed by atoms with E-state index in [1.54, 1.807) is 30.8 Å². The molecule has 3 aromatic rings. The molecule has 1 atom stereocenters. The summed E-state index contributed by atoms with van der Waals surface area (Å²) in [5, 5.41) is 2.75. The minimum Gasteiger partial charge on any atom is -0.472 e. The van der Waals surface area contributed by atoms with Crippen molar-refractivity contribution in [2.45, 2.75) is 32.4 Å². The van der Waals surface area contributed by atoms with Crippen molar-refractivity contribution < 1.29 is 23.5 Å². The molecule has 0 radical (unpaired) electrons. The molecule has 0 unspecified atom stereocenters. The number of anilines is 2. The lowest BCUT2D eigenvalue weighted by atomic mass is 10.2. The molecular weight excluding hydrogens is 495 g/mol. The summed E-state index contributed by atoms with van der Waals surface area (Å²) >= 11 is 1.57. The second kappa shape index (κ2) is 12.5. The third kappa shape index (κ3) is 6.56. The first kappa shape index (κ1) is 26.4. The Balaban J connectivity index is 1.62. The first-order valence-corrected chi connectivity index (χ1v) is 13.5. The summed E-state index contributed by atoms with van der Waals surface area (Å²) in [4.78, 5) is 36.8. The van der Waals surface area contributed by atoms with Crippen molar-refractivity contribution in [2.75, 3.05) is 30.1 Å². The van der Waals surface area contributed by atoms with Gasteiger partial charge in [-0.25, -0.2) is 14.2 Å². The number of carbonyl (C=O) groups excluding carboxylic acids is 2. The Hall–Kier alpha value is -3.66. The molecule has 0 spiro atoms. The van der Waals surface area contributed by atoms with Crippen molar-refractivity contribution in [1.29, 1.82) is 0 Å². The number of para-hydroxylation sites is 1. The molecule has 1 aliphatic heterocycles. The Morgan fingerprint density at radius 2 is 1.97 bits per heavy atom. The molecule has 1 N–H and O–H groups in total. The van der Waals surface area contributed by atoms with Crippen LogP contribution in [-0.2, 0) is 22.6 Å². The smallest absolute Gasteiger partial charge is 0.328 e. The van der Waals surface area contributed by atoms with E-state index in [-0.39, 0.29) is 30.5 Å². The Kier molecular flexibility index (Phi) is 8.95. The van der Waals surface area contributed by atoms with Crippen LogP contribution < -0.4 is 15.0 Å². The van der Waals surface area contributed by atoms with Gasteiger partial charge in [-0.1, -0.05) is 30.3 Å². The molecule has 37 heavy (non-hydrogen) atoms. The number of thioether (sulfide) groups is 1. The Morgan fingerprint density at radius 3 is 2.73 bits per heavy atom. The fraction of sp³-hybridized carbons (Fsp3) is 0.333. The number of nitrogens with zero attached hydrogens (tertiary/aromatic N) is 3. The third-order valence-electron chi connectivity index (χ3n) is 5.89. The molecule has 4 rings (SSSR count). The number of nitrogens with one attached hydrogen (secondary N) is 1. The van der Waals surface area contributed by atoms with Gasteiger partial charge in [0.15, 0.2) is 0 Å². The van der Waals surface area contributed by atoms with Crippen LogP contribution in [0, 0.1) is 5.82 Å². The van der Waals surface area contributed by atoms with E-state index in [4.69, 9.17) is 9.47 Å². The highest BCUT2D eigenvalue weighted by Crippen LogP contribution is 2.33. The SMILES string of the molecule is CCOC(=O)[C@H](CCSC)NC(=O)c1cnc(N2CCc3ccccc32)nc1OCc1ccc(F)cc1. The molecule has 2 heterocycles. The van der Waals surface area contributed by atoms with Gasteiger partial charge >= 0.3 is 5.97 Å². The number of carbonyl (C=O) groups is 2. The number of esters is 1. The minimum absolute atomic E-state index is 0.0708. The van der Waals surface area contributed by atoms with Crippen LogP contribution >= 0.6 is 11.8 Å². The summed E-state index contributed by atoms with van der Waals surface area (Å²) < 4.78 is 24.4. The minimum atomic E-state index is -0.810. The lowest BCUT2D eigenvalue weighted by Crippen LogP contribution is -2.42.